The molecule has 4 aromatic rings. The minimum atomic E-state index is 0.198. The topological polar surface area (TPSA) is 107 Å². The van der Waals surface area contributed by atoms with Crippen molar-refractivity contribution in [3.63, 3.8) is 0 Å². The Balaban J connectivity index is 1.58. The third-order valence-electron chi connectivity index (χ3n) is 3.63. The maximum absolute atomic E-state index is 6.00. The Morgan fingerprint density at radius 2 is 1.70 bits per heavy atom. The SMILES string of the molecule is Nc1nc(Nc2cccc(Cl)c2)nn1-c1cc(Nc2ccccc2)ncn1. The highest BCUT2D eigenvalue weighted by atomic mass is 35.5. The molecule has 134 valence electrons. The predicted molar refractivity (Wildman–Crippen MR) is 106 cm³/mol. The molecule has 0 saturated heterocycles. The molecule has 0 saturated carbocycles. The van der Waals surface area contributed by atoms with Crippen molar-refractivity contribution in [2.75, 3.05) is 16.4 Å². The van der Waals surface area contributed by atoms with E-state index in [0.717, 1.165) is 11.4 Å². The van der Waals surface area contributed by atoms with Crippen LogP contribution in [0.1, 0.15) is 0 Å². The number of nitrogens with one attached hydrogen (secondary N) is 2. The van der Waals surface area contributed by atoms with E-state index >= 15 is 0 Å². The van der Waals surface area contributed by atoms with Crippen LogP contribution < -0.4 is 16.4 Å². The average molecular weight is 379 g/mol. The predicted octanol–water partition coefficient (Wildman–Crippen LogP) is 3.78. The zero-order valence-electron chi connectivity index (χ0n) is 14.0. The normalized spacial score (nSPS) is 10.6. The van der Waals surface area contributed by atoms with E-state index in [4.69, 9.17) is 17.3 Å². The molecule has 27 heavy (non-hydrogen) atoms. The Bertz CT molecular complexity index is 1060. The molecular weight excluding hydrogens is 364 g/mol. The highest BCUT2D eigenvalue weighted by Crippen LogP contribution is 2.21. The second kappa shape index (κ2) is 7.30. The number of hydrogen-bond acceptors (Lipinski definition) is 7. The van der Waals surface area contributed by atoms with Gasteiger partial charge in [-0.3, -0.25) is 0 Å². The molecule has 2 heterocycles. The fraction of sp³-hybridized carbons (Fsp3) is 0. The average Bonchev–Trinajstić information content (AvgIpc) is 3.03. The molecule has 0 atom stereocenters. The Morgan fingerprint density at radius 1 is 0.889 bits per heavy atom. The summed E-state index contributed by atoms with van der Waals surface area (Å²) < 4.78 is 1.44. The van der Waals surface area contributed by atoms with E-state index in [9.17, 15) is 0 Å². The highest BCUT2D eigenvalue weighted by Gasteiger charge is 2.11. The van der Waals surface area contributed by atoms with E-state index in [0.29, 0.717) is 22.6 Å². The summed E-state index contributed by atoms with van der Waals surface area (Å²) in [6.45, 7) is 0. The van der Waals surface area contributed by atoms with Crippen molar-refractivity contribution in [3.05, 3.63) is 72.0 Å². The fourth-order valence-electron chi connectivity index (χ4n) is 2.44. The van der Waals surface area contributed by atoms with Gasteiger partial charge in [-0.1, -0.05) is 35.9 Å². The van der Waals surface area contributed by atoms with Crippen LogP contribution in [0.25, 0.3) is 5.82 Å². The van der Waals surface area contributed by atoms with Gasteiger partial charge in [0, 0.05) is 22.5 Å². The third-order valence-corrected chi connectivity index (χ3v) is 3.86. The van der Waals surface area contributed by atoms with Crippen LogP contribution in [0.2, 0.25) is 5.02 Å². The number of aromatic nitrogens is 5. The third kappa shape index (κ3) is 3.96. The molecule has 0 unspecified atom stereocenters. The van der Waals surface area contributed by atoms with Crippen molar-refractivity contribution < 1.29 is 0 Å². The summed E-state index contributed by atoms with van der Waals surface area (Å²) in [5, 5.41) is 11.2. The van der Waals surface area contributed by atoms with E-state index in [1.54, 1.807) is 18.2 Å². The highest BCUT2D eigenvalue weighted by molar-refractivity contribution is 6.30. The van der Waals surface area contributed by atoms with Gasteiger partial charge in [0.2, 0.25) is 11.9 Å². The molecule has 0 aliphatic rings. The van der Waals surface area contributed by atoms with Crippen LogP contribution in [0.15, 0.2) is 67.0 Å². The Kier molecular flexibility index (Phi) is 4.54. The van der Waals surface area contributed by atoms with Gasteiger partial charge in [0.25, 0.3) is 0 Å². The van der Waals surface area contributed by atoms with Gasteiger partial charge < -0.3 is 16.4 Å². The second-order valence-corrected chi connectivity index (χ2v) is 6.03. The van der Waals surface area contributed by atoms with Gasteiger partial charge >= 0.3 is 0 Å². The Morgan fingerprint density at radius 3 is 2.52 bits per heavy atom. The van der Waals surface area contributed by atoms with E-state index in [1.807, 2.05) is 42.5 Å². The Labute approximate surface area is 160 Å². The summed E-state index contributed by atoms with van der Waals surface area (Å²) in [6.07, 6.45) is 1.44. The van der Waals surface area contributed by atoms with E-state index < -0.39 is 0 Å². The largest absolute Gasteiger partial charge is 0.368 e. The molecule has 2 aromatic heterocycles. The van der Waals surface area contributed by atoms with Crippen molar-refractivity contribution in [2.24, 2.45) is 0 Å². The molecule has 8 nitrogen and oxygen atoms in total. The summed E-state index contributed by atoms with van der Waals surface area (Å²) in [5.41, 5.74) is 7.67. The van der Waals surface area contributed by atoms with Crippen LogP contribution in [0, 0.1) is 0 Å². The maximum atomic E-state index is 6.00. The lowest BCUT2D eigenvalue weighted by Gasteiger charge is -2.07. The summed E-state index contributed by atoms with van der Waals surface area (Å²) in [7, 11) is 0. The van der Waals surface area contributed by atoms with E-state index in [1.165, 1.54) is 11.0 Å². The zero-order chi connectivity index (χ0) is 18.6. The zero-order valence-corrected chi connectivity index (χ0v) is 14.8. The molecule has 0 amide bonds. The number of hydrogen-bond donors (Lipinski definition) is 3. The molecule has 0 spiro atoms. The molecule has 0 bridgehead atoms. The number of nitrogens with two attached hydrogens (primary N) is 1. The van der Waals surface area contributed by atoms with Crippen molar-refractivity contribution >= 4 is 40.7 Å². The lowest BCUT2D eigenvalue weighted by molar-refractivity contribution is 0.852. The summed E-state index contributed by atoms with van der Waals surface area (Å²) in [6, 6.07) is 18.7. The second-order valence-electron chi connectivity index (χ2n) is 5.59. The first kappa shape index (κ1) is 16.8. The van der Waals surface area contributed by atoms with E-state index in [2.05, 4.69) is 30.7 Å². The minimum Gasteiger partial charge on any atom is -0.368 e. The number of benzene rings is 2. The number of nitrogen functional groups attached to an aromatic ring is 1. The van der Waals surface area contributed by atoms with Gasteiger partial charge in [-0.2, -0.15) is 9.67 Å². The Hall–Kier alpha value is -3.65. The van der Waals surface area contributed by atoms with E-state index in [-0.39, 0.29) is 5.95 Å². The molecule has 0 aliphatic heterocycles. The van der Waals surface area contributed by atoms with Gasteiger partial charge in [-0.15, -0.1) is 5.10 Å². The number of halogens is 1. The number of para-hydroxylation sites is 1. The van der Waals surface area contributed by atoms with Gasteiger partial charge in [0.15, 0.2) is 5.82 Å². The van der Waals surface area contributed by atoms with Crippen LogP contribution in [0.5, 0.6) is 0 Å². The lowest BCUT2D eigenvalue weighted by Crippen LogP contribution is -2.06. The molecule has 9 heteroatoms. The monoisotopic (exact) mass is 378 g/mol. The fourth-order valence-corrected chi connectivity index (χ4v) is 2.63. The molecule has 0 radical (unpaired) electrons. The standard InChI is InChI=1S/C18H15ClN8/c19-12-5-4-8-14(9-12)24-18-25-17(20)27(26-18)16-10-15(21-11-22-16)23-13-6-2-1-3-7-13/h1-11H,(H,21,22,23)(H3,20,24,25,26). The molecule has 0 aliphatic carbocycles. The molecular formula is C18H15ClN8. The molecule has 4 rings (SSSR count). The van der Waals surface area contributed by atoms with Crippen molar-refractivity contribution in [3.8, 4) is 5.82 Å². The van der Waals surface area contributed by atoms with Crippen LogP contribution in [0.4, 0.5) is 29.1 Å². The van der Waals surface area contributed by atoms with Gasteiger partial charge in [-0.25, -0.2) is 9.97 Å². The first-order valence-electron chi connectivity index (χ1n) is 8.07. The molecule has 4 N–H and O–H groups in total. The van der Waals surface area contributed by atoms with Gasteiger partial charge in [0.1, 0.15) is 12.1 Å². The van der Waals surface area contributed by atoms with Crippen LogP contribution in [-0.2, 0) is 0 Å². The quantitative estimate of drug-likeness (QED) is 0.485. The van der Waals surface area contributed by atoms with Gasteiger partial charge in [0.05, 0.1) is 0 Å². The van der Waals surface area contributed by atoms with Crippen molar-refractivity contribution in [1.82, 2.24) is 24.7 Å². The number of rotatable bonds is 5. The van der Waals surface area contributed by atoms with Crippen LogP contribution >= 0.6 is 11.6 Å². The molecule has 0 fully saturated rings. The minimum absolute atomic E-state index is 0.198. The van der Waals surface area contributed by atoms with Crippen molar-refractivity contribution in [2.45, 2.75) is 0 Å². The number of nitrogens with zero attached hydrogens (tertiary/aromatic N) is 5. The summed E-state index contributed by atoms with van der Waals surface area (Å²) in [5.74, 6) is 1.65. The summed E-state index contributed by atoms with van der Waals surface area (Å²) in [4.78, 5) is 12.7. The van der Waals surface area contributed by atoms with Crippen molar-refractivity contribution in [1.29, 1.82) is 0 Å². The molecule has 2 aromatic carbocycles. The van der Waals surface area contributed by atoms with Gasteiger partial charge in [-0.05, 0) is 30.3 Å². The first-order chi connectivity index (χ1) is 13.2. The number of anilines is 5. The smallest absolute Gasteiger partial charge is 0.248 e. The van der Waals surface area contributed by atoms with Crippen LogP contribution in [-0.4, -0.2) is 24.7 Å². The lowest BCUT2D eigenvalue weighted by atomic mass is 10.3. The summed E-state index contributed by atoms with van der Waals surface area (Å²) >= 11 is 5.99. The van der Waals surface area contributed by atoms with Crippen LogP contribution in [0.3, 0.4) is 0 Å². The first-order valence-corrected chi connectivity index (χ1v) is 8.45. The maximum Gasteiger partial charge on any atom is 0.248 e.